The highest BCUT2D eigenvalue weighted by atomic mass is 15.3. The van der Waals surface area contributed by atoms with Gasteiger partial charge in [-0.25, -0.2) is 0 Å². The van der Waals surface area contributed by atoms with Crippen LogP contribution >= 0.6 is 0 Å². The van der Waals surface area contributed by atoms with Crippen molar-refractivity contribution < 1.29 is 0 Å². The zero-order valence-electron chi connectivity index (χ0n) is 9.45. The van der Waals surface area contributed by atoms with E-state index in [1.807, 2.05) is 0 Å². The molecule has 0 saturated heterocycles. The molecular formula is C12H20N2. The molecule has 1 aromatic rings. The van der Waals surface area contributed by atoms with Gasteiger partial charge in [0.2, 0.25) is 0 Å². The second-order valence-electron chi connectivity index (χ2n) is 4.84. The van der Waals surface area contributed by atoms with E-state index in [4.69, 9.17) is 0 Å². The fourth-order valence-electron chi connectivity index (χ4n) is 2.10. The van der Waals surface area contributed by atoms with Crippen LogP contribution in [-0.2, 0) is 6.54 Å². The molecule has 0 unspecified atom stereocenters. The molecule has 1 fully saturated rings. The molecule has 0 radical (unpaired) electrons. The fraction of sp³-hybridized carbons (Fsp3) is 0.750. The Morgan fingerprint density at radius 1 is 1.50 bits per heavy atom. The molecule has 0 aliphatic heterocycles. The Morgan fingerprint density at radius 3 is 2.71 bits per heavy atom. The molecule has 1 aromatic heterocycles. The van der Waals surface area contributed by atoms with Gasteiger partial charge in [-0.1, -0.05) is 20.3 Å². The monoisotopic (exact) mass is 192 g/mol. The third kappa shape index (κ3) is 1.84. The normalized spacial score (nSPS) is 17.4. The highest BCUT2D eigenvalue weighted by molar-refractivity contribution is 5.12. The number of hydrogen-bond acceptors (Lipinski definition) is 1. The molecule has 0 amide bonds. The van der Waals surface area contributed by atoms with Crippen molar-refractivity contribution in [3.63, 3.8) is 0 Å². The van der Waals surface area contributed by atoms with Crippen LogP contribution in [0, 0.1) is 12.8 Å². The third-order valence-corrected chi connectivity index (χ3v) is 3.18. The van der Waals surface area contributed by atoms with Gasteiger partial charge < -0.3 is 0 Å². The molecule has 0 N–H and O–H groups in total. The molecule has 1 saturated carbocycles. The SMILES string of the molecule is Cc1cc(C(C)C)n(CC2CCC2)n1. The maximum Gasteiger partial charge on any atom is 0.0596 e. The van der Waals surface area contributed by atoms with Crippen molar-refractivity contribution in [2.24, 2.45) is 5.92 Å². The first-order valence-electron chi connectivity index (χ1n) is 5.71. The van der Waals surface area contributed by atoms with Crippen LogP contribution in [0.1, 0.15) is 50.4 Å². The van der Waals surface area contributed by atoms with E-state index in [0.717, 1.165) is 18.2 Å². The van der Waals surface area contributed by atoms with Crippen molar-refractivity contribution in [2.45, 2.75) is 52.5 Å². The van der Waals surface area contributed by atoms with Gasteiger partial charge in [-0.2, -0.15) is 5.10 Å². The highest BCUT2D eigenvalue weighted by Crippen LogP contribution is 2.29. The van der Waals surface area contributed by atoms with Crippen LogP contribution in [0.5, 0.6) is 0 Å². The van der Waals surface area contributed by atoms with Gasteiger partial charge in [-0.3, -0.25) is 4.68 Å². The van der Waals surface area contributed by atoms with Gasteiger partial charge in [-0.05, 0) is 37.7 Å². The summed E-state index contributed by atoms with van der Waals surface area (Å²) < 4.78 is 2.23. The van der Waals surface area contributed by atoms with Gasteiger partial charge in [0, 0.05) is 12.2 Å². The number of hydrogen-bond donors (Lipinski definition) is 0. The van der Waals surface area contributed by atoms with E-state index in [2.05, 4.69) is 36.6 Å². The van der Waals surface area contributed by atoms with Gasteiger partial charge >= 0.3 is 0 Å². The summed E-state index contributed by atoms with van der Waals surface area (Å²) in [7, 11) is 0. The van der Waals surface area contributed by atoms with Crippen molar-refractivity contribution in [1.82, 2.24) is 9.78 Å². The molecule has 0 atom stereocenters. The predicted molar refractivity (Wildman–Crippen MR) is 58.4 cm³/mol. The van der Waals surface area contributed by atoms with Gasteiger partial charge in [-0.15, -0.1) is 0 Å². The van der Waals surface area contributed by atoms with Gasteiger partial charge in [0.25, 0.3) is 0 Å². The lowest BCUT2D eigenvalue weighted by atomic mass is 9.85. The smallest absolute Gasteiger partial charge is 0.0596 e. The molecule has 1 heterocycles. The van der Waals surface area contributed by atoms with E-state index in [0.29, 0.717) is 5.92 Å². The van der Waals surface area contributed by atoms with E-state index in [9.17, 15) is 0 Å². The summed E-state index contributed by atoms with van der Waals surface area (Å²) in [5.74, 6) is 1.49. The minimum atomic E-state index is 0.594. The topological polar surface area (TPSA) is 17.8 Å². The molecule has 0 spiro atoms. The average molecular weight is 192 g/mol. The quantitative estimate of drug-likeness (QED) is 0.719. The van der Waals surface area contributed by atoms with Crippen molar-refractivity contribution in [3.05, 3.63) is 17.5 Å². The van der Waals surface area contributed by atoms with Crippen molar-refractivity contribution in [1.29, 1.82) is 0 Å². The van der Waals surface area contributed by atoms with Gasteiger partial charge in [0.15, 0.2) is 0 Å². The Balaban J connectivity index is 2.13. The maximum atomic E-state index is 4.57. The molecule has 14 heavy (non-hydrogen) atoms. The Morgan fingerprint density at radius 2 is 2.21 bits per heavy atom. The average Bonchev–Trinajstić information content (AvgIpc) is 2.39. The molecule has 2 rings (SSSR count). The summed E-state index contributed by atoms with van der Waals surface area (Å²) in [4.78, 5) is 0. The van der Waals surface area contributed by atoms with E-state index in [1.165, 1.54) is 25.0 Å². The zero-order chi connectivity index (χ0) is 10.1. The Hall–Kier alpha value is -0.790. The van der Waals surface area contributed by atoms with Crippen LogP contribution < -0.4 is 0 Å². The first-order valence-corrected chi connectivity index (χ1v) is 5.71. The van der Waals surface area contributed by atoms with Crippen LogP contribution in [0.2, 0.25) is 0 Å². The van der Waals surface area contributed by atoms with Crippen LogP contribution in [0.25, 0.3) is 0 Å². The molecule has 78 valence electrons. The number of aromatic nitrogens is 2. The first kappa shape index (κ1) is 9.75. The van der Waals surface area contributed by atoms with Crippen LogP contribution in [-0.4, -0.2) is 9.78 Å². The standard InChI is InChI=1S/C12H20N2/c1-9(2)12-7-10(3)13-14(12)8-11-5-4-6-11/h7,9,11H,4-6,8H2,1-3H3. The zero-order valence-corrected chi connectivity index (χ0v) is 9.45. The third-order valence-electron chi connectivity index (χ3n) is 3.18. The summed E-state index contributed by atoms with van der Waals surface area (Å²) in [6.45, 7) is 7.71. The Bertz CT molecular complexity index is 308. The largest absolute Gasteiger partial charge is 0.269 e. The molecule has 1 aliphatic carbocycles. The number of aryl methyl sites for hydroxylation is 1. The second kappa shape index (κ2) is 3.76. The molecule has 1 aliphatic rings. The second-order valence-corrected chi connectivity index (χ2v) is 4.84. The summed E-state index contributed by atoms with van der Waals surface area (Å²) >= 11 is 0. The van der Waals surface area contributed by atoms with Crippen LogP contribution in [0.15, 0.2) is 6.07 Å². The molecule has 0 bridgehead atoms. The summed E-state index contributed by atoms with van der Waals surface area (Å²) in [6.07, 6.45) is 4.22. The van der Waals surface area contributed by atoms with E-state index < -0.39 is 0 Å². The Kier molecular flexibility index (Phi) is 2.62. The molecule has 2 nitrogen and oxygen atoms in total. The minimum Gasteiger partial charge on any atom is -0.269 e. The van der Waals surface area contributed by atoms with E-state index in [-0.39, 0.29) is 0 Å². The lowest BCUT2D eigenvalue weighted by Gasteiger charge is -2.26. The first-order chi connectivity index (χ1) is 6.66. The van der Waals surface area contributed by atoms with Gasteiger partial charge in [0.05, 0.1) is 5.69 Å². The lowest BCUT2D eigenvalue weighted by Crippen LogP contribution is -2.20. The number of nitrogens with zero attached hydrogens (tertiary/aromatic N) is 2. The maximum absolute atomic E-state index is 4.57. The fourth-order valence-corrected chi connectivity index (χ4v) is 2.10. The highest BCUT2D eigenvalue weighted by Gasteiger charge is 2.20. The Labute approximate surface area is 86.3 Å². The van der Waals surface area contributed by atoms with Crippen molar-refractivity contribution in [3.8, 4) is 0 Å². The molecule has 2 heteroatoms. The summed E-state index contributed by atoms with van der Waals surface area (Å²) in [6, 6.07) is 2.23. The summed E-state index contributed by atoms with van der Waals surface area (Å²) in [5.41, 5.74) is 2.56. The van der Waals surface area contributed by atoms with Crippen LogP contribution in [0.4, 0.5) is 0 Å². The molecular weight excluding hydrogens is 172 g/mol. The number of rotatable bonds is 3. The van der Waals surface area contributed by atoms with Crippen LogP contribution in [0.3, 0.4) is 0 Å². The molecule has 0 aromatic carbocycles. The summed E-state index contributed by atoms with van der Waals surface area (Å²) in [5, 5.41) is 4.57. The van der Waals surface area contributed by atoms with E-state index >= 15 is 0 Å². The van der Waals surface area contributed by atoms with E-state index in [1.54, 1.807) is 0 Å². The minimum absolute atomic E-state index is 0.594. The van der Waals surface area contributed by atoms with Gasteiger partial charge in [0.1, 0.15) is 0 Å². The van der Waals surface area contributed by atoms with Crippen molar-refractivity contribution >= 4 is 0 Å². The van der Waals surface area contributed by atoms with Crippen molar-refractivity contribution in [2.75, 3.05) is 0 Å². The predicted octanol–water partition coefficient (Wildman–Crippen LogP) is 3.12. The lowest BCUT2D eigenvalue weighted by molar-refractivity contribution is 0.262.